The number of benzene rings is 2. The van der Waals surface area contributed by atoms with Crippen molar-refractivity contribution in [3.8, 4) is 0 Å². The Morgan fingerprint density at radius 1 is 1.19 bits per heavy atom. The van der Waals surface area contributed by atoms with E-state index < -0.39 is 0 Å². The normalized spacial score (nSPS) is 12.8. The Morgan fingerprint density at radius 3 is 2.76 bits per heavy atom. The van der Waals surface area contributed by atoms with Crippen LogP contribution in [0, 0.1) is 9.39 Å². The maximum atomic E-state index is 13.3. The Morgan fingerprint density at radius 2 is 2.00 bits per heavy atom. The predicted molar refractivity (Wildman–Crippen MR) is 92.2 cm³/mol. The molecule has 3 aromatic rings. The van der Waals surface area contributed by atoms with Gasteiger partial charge >= 0.3 is 0 Å². The number of furan rings is 1. The Balaban J connectivity index is 2.11. The number of hydrazine groups is 1. The molecule has 0 aliphatic rings. The number of fused-ring (bicyclic) bond motifs is 1. The van der Waals surface area contributed by atoms with E-state index in [4.69, 9.17) is 10.3 Å². The Bertz CT molecular complexity index is 805. The van der Waals surface area contributed by atoms with Crippen molar-refractivity contribution in [3.05, 3.63) is 67.6 Å². The summed E-state index contributed by atoms with van der Waals surface area (Å²) in [6.07, 6.45) is 0. The van der Waals surface area contributed by atoms with Crippen LogP contribution in [0.1, 0.15) is 17.4 Å². The number of rotatable bonds is 3. The van der Waals surface area contributed by atoms with Crippen molar-refractivity contribution in [2.75, 3.05) is 0 Å². The molecule has 1 heterocycles. The molecule has 2 aromatic carbocycles. The van der Waals surface area contributed by atoms with Gasteiger partial charge in [0.05, 0.1) is 0 Å². The second-order valence-electron chi connectivity index (χ2n) is 4.60. The maximum absolute atomic E-state index is 13.3. The molecular formula is C15H11BrFIN2O. The second-order valence-corrected chi connectivity index (χ2v) is 6.67. The second kappa shape index (κ2) is 6.04. The van der Waals surface area contributed by atoms with E-state index >= 15 is 0 Å². The van der Waals surface area contributed by atoms with Crippen LogP contribution in [0.25, 0.3) is 11.0 Å². The van der Waals surface area contributed by atoms with Crippen molar-refractivity contribution >= 4 is 49.5 Å². The summed E-state index contributed by atoms with van der Waals surface area (Å²) in [5.74, 6) is 6.06. The lowest BCUT2D eigenvalue weighted by Crippen LogP contribution is -2.29. The largest absolute Gasteiger partial charge is 0.459 e. The first-order valence-electron chi connectivity index (χ1n) is 6.18. The summed E-state index contributed by atoms with van der Waals surface area (Å²) in [6, 6.07) is 11.9. The lowest BCUT2D eigenvalue weighted by molar-refractivity contribution is 0.476. The van der Waals surface area contributed by atoms with E-state index in [-0.39, 0.29) is 11.9 Å². The molecule has 0 bridgehead atoms. The third kappa shape index (κ3) is 2.98. The van der Waals surface area contributed by atoms with Crippen LogP contribution in [-0.4, -0.2) is 0 Å². The molecule has 108 valence electrons. The molecular weight excluding hydrogens is 450 g/mol. The molecule has 0 radical (unpaired) electrons. The van der Waals surface area contributed by atoms with Crippen molar-refractivity contribution in [2.24, 2.45) is 5.84 Å². The van der Waals surface area contributed by atoms with E-state index in [9.17, 15) is 4.39 Å². The molecule has 0 saturated carbocycles. The Hall–Kier alpha value is -0.960. The minimum absolute atomic E-state index is 0.288. The quantitative estimate of drug-likeness (QED) is 0.344. The van der Waals surface area contributed by atoms with Crippen molar-refractivity contribution in [1.82, 2.24) is 5.43 Å². The van der Waals surface area contributed by atoms with Gasteiger partial charge in [-0.3, -0.25) is 5.84 Å². The van der Waals surface area contributed by atoms with Gasteiger partial charge in [0, 0.05) is 13.4 Å². The molecule has 1 atom stereocenters. The zero-order chi connectivity index (χ0) is 15.0. The zero-order valence-electron chi connectivity index (χ0n) is 10.7. The van der Waals surface area contributed by atoms with Gasteiger partial charge < -0.3 is 4.42 Å². The van der Waals surface area contributed by atoms with Crippen LogP contribution < -0.4 is 11.3 Å². The van der Waals surface area contributed by atoms with Crippen LogP contribution >= 0.6 is 38.5 Å². The molecule has 6 heteroatoms. The highest BCUT2D eigenvalue weighted by atomic mass is 127. The van der Waals surface area contributed by atoms with Gasteiger partial charge in [0.25, 0.3) is 0 Å². The molecule has 1 aromatic heterocycles. The van der Waals surface area contributed by atoms with Crippen molar-refractivity contribution in [3.63, 3.8) is 0 Å². The summed E-state index contributed by atoms with van der Waals surface area (Å²) in [5.41, 5.74) is 4.39. The number of nitrogens with two attached hydrogens (primary N) is 1. The summed E-state index contributed by atoms with van der Waals surface area (Å²) in [6.45, 7) is 0. The topological polar surface area (TPSA) is 51.2 Å². The van der Waals surface area contributed by atoms with Gasteiger partial charge in [0.15, 0.2) is 0 Å². The molecule has 0 fully saturated rings. The summed E-state index contributed by atoms with van der Waals surface area (Å²) >= 11 is 5.71. The van der Waals surface area contributed by atoms with Crippen LogP contribution in [0.3, 0.4) is 0 Å². The fourth-order valence-electron chi connectivity index (χ4n) is 2.24. The van der Waals surface area contributed by atoms with E-state index in [0.29, 0.717) is 11.3 Å². The zero-order valence-corrected chi connectivity index (χ0v) is 14.5. The monoisotopic (exact) mass is 460 g/mol. The highest BCUT2D eigenvalue weighted by Gasteiger charge is 2.20. The van der Waals surface area contributed by atoms with Gasteiger partial charge in [-0.25, -0.2) is 9.82 Å². The molecule has 3 rings (SSSR count). The van der Waals surface area contributed by atoms with Gasteiger partial charge in [-0.2, -0.15) is 0 Å². The first-order chi connectivity index (χ1) is 10.1. The van der Waals surface area contributed by atoms with Gasteiger partial charge in [0.2, 0.25) is 0 Å². The van der Waals surface area contributed by atoms with E-state index in [0.717, 1.165) is 19.0 Å². The summed E-state index contributed by atoms with van der Waals surface area (Å²) in [4.78, 5) is 0. The fraction of sp³-hybridized carbons (Fsp3) is 0.0667. The lowest BCUT2D eigenvalue weighted by Gasteiger charge is -2.15. The molecule has 0 spiro atoms. The first-order valence-corrected chi connectivity index (χ1v) is 8.06. The van der Waals surface area contributed by atoms with Crippen LogP contribution in [-0.2, 0) is 0 Å². The third-order valence-electron chi connectivity index (χ3n) is 3.22. The van der Waals surface area contributed by atoms with Gasteiger partial charge in [0.1, 0.15) is 23.2 Å². The van der Waals surface area contributed by atoms with Crippen molar-refractivity contribution in [1.29, 1.82) is 0 Å². The Kier molecular flexibility index (Phi) is 4.30. The molecule has 3 nitrogen and oxygen atoms in total. The molecule has 1 unspecified atom stereocenters. The average molecular weight is 461 g/mol. The van der Waals surface area contributed by atoms with Gasteiger partial charge in [-0.05, 0) is 70.6 Å². The Labute approximate surface area is 142 Å². The lowest BCUT2D eigenvalue weighted by atomic mass is 10.1. The molecule has 0 amide bonds. The average Bonchev–Trinajstić information content (AvgIpc) is 2.86. The highest BCUT2D eigenvalue weighted by molar-refractivity contribution is 14.1. The highest BCUT2D eigenvalue weighted by Crippen LogP contribution is 2.32. The van der Waals surface area contributed by atoms with Crippen LogP contribution in [0.2, 0.25) is 0 Å². The number of halogens is 3. The fourth-order valence-corrected chi connectivity index (χ4v) is 3.26. The van der Waals surface area contributed by atoms with Crippen molar-refractivity contribution < 1.29 is 8.81 Å². The van der Waals surface area contributed by atoms with E-state index in [1.54, 1.807) is 12.1 Å². The van der Waals surface area contributed by atoms with Gasteiger partial charge in [-0.1, -0.05) is 15.9 Å². The van der Waals surface area contributed by atoms with Crippen molar-refractivity contribution in [2.45, 2.75) is 6.04 Å². The first kappa shape index (κ1) is 15.0. The minimum Gasteiger partial charge on any atom is -0.459 e. The van der Waals surface area contributed by atoms with E-state index in [1.165, 1.54) is 12.1 Å². The van der Waals surface area contributed by atoms with Gasteiger partial charge in [-0.15, -0.1) is 0 Å². The maximum Gasteiger partial charge on any atom is 0.134 e. The van der Waals surface area contributed by atoms with Crippen LogP contribution in [0.15, 0.2) is 51.4 Å². The molecule has 21 heavy (non-hydrogen) atoms. The number of hydrogen-bond donors (Lipinski definition) is 2. The molecule has 3 N–H and O–H groups in total. The SMILES string of the molecule is NNC(c1cc2cc(F)ccc2o1)c1cc(Br)ccc1I. The van der Waals surface area contributed by atoms with E-state index in [1.807, 2.05) is 18.2 Å². The van der Waals surface area contributed by atoms with E-state index in [2.05, 4.69) is 43.9 Å². The molecule has 0 aliphatic heterocycles. The number of nitrogens with one attached hydrogen (secondary N) is 1. The summed E-state index contributed by atoms with van der Waals surface area (Å²) in [7, 11) is 0. The molecule has 0 saturated heterocycles. The standard InChI is InChI=1S/C15H11BrFIN2O/c16-9-1-3-12(18)11(7-9)15(20-19)14-6-8-5-10(17)2-4-13(8)21-14/h1-7,15,20H,19H2. The smallest absolute Gasteiger partial charge is 0.134 e. The number of hydrogen-bond acceptors (Lipinski definition) is 3. The van der Waals surface area contributed by atoms with Crippen LogP contribution in [0.4, 0.5) is 4.39 Å². The summed E-state index contributed by atoms with van der Waals surface area (Å²) in [5, 5.41) is 0.718. The third-order valence-corrected chi connectivity index (χ3v) is 4.69. The minimum atomic E-state index is -0.301. The van der Waals surface area contributed by atoms with Crippen LogP contribution in [0.5, 0.6) is 0 Å². The summed E-state index contributed by atoms with van der Waals surface area (Å²) < 4.78 is 21.1. The predicted octanol–water partition coefficient (Wildman–Crippen LogP) is 4.49. The molecule has 0 aliphatic carbocycles.